The molecule has 4 rings (SSSR count). The highest BCUT2D eigenvalue weighted by Gasteiger charge is 2.30. The lowest BCUT2D eigenvalue weighted by molar-refractivity contribution is 0.0696. The highest BCUT2D eigenvalue weighted by Crippen LogP contribution is 2.38. The second kappa shape index (κ2) is 11.4. The number of ketones is 1. The molecule has 0 amide bonds. The molecule has 0 radical (unpaired) electrons. The summed E-state index contributed by atoms with van der Waals surface area (Å²) < 4.78 is 11.3. The highest BCUT2D eigenvalue weighted by atomic mass is 35.5. The van der Waals surface area contributed by atoms with E-state index >= 15 is 0 Å². The van der Waals surface area contributed by atoms with Crippen LogP contribution in [0, 0.1) is 6.92 Å². The average Bonchev–Trinajstić information content (AvgIpc) is 3.42. The Bertz CT molecular complexity index is 1430. The topological polar surface area (TPSA) is 88.6 Å². The standard InChI is InChI=1S/C30H28ClNO5/c1-4-14-37-21-10-11-22(25(31)17-21)29(33)28(26-6-5-13-32-26)24-16-20(9-12-27(24)36-3)19-8-7-18(2)23(15-19)30(34)35/h5-13,15-17,28,32H,4,14H2,1-3H3,(H,34,35). The maximum Gasteiger partial charge on any atom is 0.335 e. The number of carboxylic acid groups (broad SMARTS) is 1. The van der Waals surface area contributed by atoms with Gasteiger partial charge in [0.2, 0.25) is 0 Å². The van der Waals surface area contributed by atoms with Crippen LogP contribution < -0.4 is 9.47 Å². The summed E-state index contributed by atoms with van der Waals surface area (Å²) in [6.45, 7) is 4.33. The van der Waals surface area contributed by atoms with Crippen LogP contribution in [0.3, 0.4) is 0 Å². The van der Waals surface area contributed by atoms with Crippen LogP contribution in [0.2, 0.25) is 5.02 Å². The number of carbonyl (C=O) groups excluding carboxylic acids is 1. The van der Waals surface area contributed by atoms with E-state index in [1.165, 1.54) is 0 Å². The van der Waals surface area contributed by atoms with Gasteiger partial charge in [0.15, 0.2) is 5.78 Å². The van der Waals surface area contributed by atoms with Crippen molar-refractivity contribution in [2.45, 2.75) is 26.2 Å². The van der Waals surface area contributed by atoms with E-state index < -0.39 is 11.9 Å². The molecule has 2 N–H and O–H groups in total. The van der Waals surface area contributed by atoms with Crippen LogP contribution in [0.4, 0.5) is 0 Å². The minimum absolute atomic E-state index is 0.208. The number of nitrogens with one attached hydrogen (secondary N) is 1. The highest BCUT2D eigenvalue weighted by molar-refractivity contribution is 6.34. The Morgan fingerprint density at radius 1 is 1.00 bits per heavy atom. The van der Waals surface area contributed by atoms with Crippen LogP contribution in [0.1, 0.15) is 56.8 Å². The third kappa shape index (κ3) is 5.54. The first kappa shape index (κ1) is 26.0. The number of methoxy groups -OCH3 is 1. The van der Waals surface area contributed by atoms with Crippen LogP contribution in [-0.4, -0.2) is 35.6 Å². The van der Waals surface area contributed by atoms with Crippen LogP contribution in [0.15, 0.2) is 72.9 Å². The number of aromatic carboxylic acids is 1. The molecular formula is C30H28ClNO5. The molecule has 1 heterocycles. The van der Waals surface area contributed by atoms with E-state index in [2.05, 4.69) is 4.98 Å². The van der Waals surface area contributed by atoms with E-state index in [1.807, 2.05) is 37.3 Å². The van der Waals surface area contributed by atoms with E-state index in [9.17, 15) is 14.7 Å². The second-order valence-corrected chi connectivity index (χ2v) is 9.11. The Balaban J connectivity index is 1.83. The van der Waals surface area contributed by atoms with Gasteiger partial charge in [0, 0.05) is 23.0 Å². The third-order valence-corrected chi connectivity index (χ3v) is 6.53. The number of hydrogen-bond donors (Lipinski definition) is 2. The molecule has 190 valence electrons. The second-order valence-electron chi connectivity index (χ2n) is 8.70. The number of aromatic nitrogens is 1. The molecule has 3 aromatic carbocycles. The lowest BCUT2D eigenvalue weighted by Crippen LogP contribution is -2.16. The Kier molecular flexibility index (Phi) is 7.99. The van der Waals surface area contributed by atoms with Crippen molar-refractivity contribution in [3.05, 3.63) is 106 Å². The first-order valence-corrected chi connectivity index (χ1v) is 12.3. The Morgan fingerprint density at radius 2 is 1.76 bits per heavy atom. The smallest absolute Gasteiger partial charge is 0.335 e. The third-order valence-electron chi connectivity index (χ3n) is 6.22. The normalized spacial score (nSPS) is 11.7. The minimum atomic E-state index is -0.992. The number of Topliss-reactive ketones (excluding diaryl/α,β-unsaturated/α-hetero) is 1. The molecule has 0 aliphatic heterocycles. The first-order valence-electron chi connectivity index (χ1n) is 12.0. The fraction of sp³-hybridized carbons (Fsp3) is 0.200. The van der Waals surface area contributed by atoms with Crippen molar-refractivity contribution in [1.82, 2.24) is 4.98 Å². The molecule has 0 spiro atoms. The summed E-state index contributed by atoms with van der Waals surface area (Å²) in [7, 11) is 1.55. The van der Waals surface area contributed by atoms with E-state index in [0.29, 0.717) is 45.5 Å². The van der Waals surface area contributed by atoms with Crippen LogP contribution >= 0.6 is 11.6 Å². The van der Waals surface area contributed by atoms with Crippen molar-refractivity contribution < 1.29 is 24.2 Å². The molecule has 6 nitrogen and oxygen atoms in total. The SMILES string of the molecule is CCCOc1ccc(C(=O)C(c2ccc[nH]2)c2cc(-c3ccc(C)c(C(=O)O)c3)ccc2OC)c(Cl)c1. The number of rotatable bonds is 10. The van der Waals surface area contributed by atoms with Crippen LogP contribution in [0.5, 0.6) is 11.5 Å². The molecule has 1 atom stereocenters. The molecule has 1 unspecified atom stereocenters. The Hall–Kier alpha value is -4.03. The molecule has 0 bridgehead atoms. The van der Waals surface area contributed by atoms with Gasteiger partial charge in [-0.15, -0.1) is 0 Å². The van der Waals surface area contributed by atoms with Crippen LogP contribution in [-0.2, 0) is 0 Å². The first-order chi connectivity index (χ1) is 17.8. The molecule has 0 saturated heterocycles. The van der Waals surface area contributed by atoms with Crippen molar-refractivity contribution >= 4 is 23.4 Å². The molecular weight excluding hydrogens is 490 g/mol. The van der Waals surface area contributed by atoms with Gasteiger partial charge in [-0.25, -0.2) is 4.79 Å². The van der Waals surface area contributed by atoms with Crippen molar-refractivity contribution in [2.75, 3.05) is 13.7 Å². The summed E-state index contributed by atoms with van der Waals surface area (Å²) in [6.07, 6.45) is 2.62. The van der Waals surface area contributed by atoms with Crippen molar-refractivity contribution in [1.29, 1.82) is 0 Å². The van der Waals surface area contributed by atoms with Gasteiger partial charge >= 0.3 is 5.97 Å². The zero-order valence-corrected chi connectivity index (χ0v) is 21.6. The molecule has 4 aromatic rings. The molecule has 1 aromatic heterocycles. The maximum atomic E-state index is 14.0. The van der Waals surface area contributed by atoms with E-state index in [4.69, 9.17) is 21.1 Å². The molecule has 0 aliphatic carbocycles. The quantitative estimate of drug-likeness (QED) is 0.218. The van der Waals surface area contributed by atoms with Gasteiger partial charge in [0.1, 0.15) is 11.5 Å². The van der Waals surface area contributed by atoms with Crippen molar-refractivity contribution in [2.24, 2.45) is 0 Å². The summed E-state index contributed by atoms with van der Waals surface area (Å²) in [5.74, 6) is -0.808. The Labute approximate surface area is 220 Å². The predicted octanol–water partition coefficient (Wildman–Crippen LogP) is 7.15. The molecule has 0 aliphatic rings. The number of carboxylic acids is 1. The summed E-state index contributed by atoms with van der Waals surface area (Å²) in [6, 6.07) is 19.5. The monoisotopic (exact) mass is 517 g/mol. The summed E-state index contributed by atoms with van der Waals surface area (Å²) in [5.41, 5.74) is 4.05. The zero-order valence-electron chi connectivity index (χ0n) is 20.9. The van der Waals surface area contributed by atoms with Crippen molar-refractivity contribution in [3.63, 3.8) is 0 Å². The minimum Gasteiger partial charge on any atom is -0.496 e. The number of H-pyrrole nitrogens is 1. The van der Waals surface area contributed by atoms with Gasteiger partial charge in [0.25, 0.3) is 0 Å². The molecule has 0 fully saturated rings. The van der Waals surface area contributed by atoms with E-state index in [-0.39, 0.29) is 11.3 Å². The predicted molar refractivity (Wildman–Crippen MR) is 144 cm³/mol. The van der Waals surface area contributed by atoms with Crippen LogP contribution in [0.25, 0.3) is 11.1 Å². The van der Waals surface area contributed by atoms with E-state index in [0.717, 1.165) is 17.5 Å². The number of carbonyl (C=O) groups is 2. The van der Waals surface area contributed by atoms with Gasteiger partial charge in [-0.2, -0.15) is 0 Å². The number of aromatic amines is 1. The summed E-state index contributed by atoms with van der Waals surface area (Å²) in [5, 5.41) is 9.89. The summed E-state index contributed by atoms with van der Waals surface area (Å²) >= 11 is 6.56. The van der Waals surface area contributed by atoms with Crippen molar-refractivity contribution in [3.8, 4) is 22.6 Å². The largest absolute Gasteiger partial charge is 0.496 e. The molecule has 0 saturated carbocycles. The van der Waals surface area contributed by atoms with E-state index in [1.54, 1.807) is 56.6 Å². The lowest BCUT2D eigenvalue weighted by atomic mass is 9.85. The molecule has 37 heavy (non-hydrogen) atoms. The average molecular weight is 518 g/mol. The summed E-state index contributed by atoms with van der Waals surface area (Å²) in [4.78, 5) is 28.9. The van der Waals surface area contributed by atoms with Gasteiger partial charge in [0.05, 0.1) is 30.2 Å². The number of hydrogen-bond acceptors (Lipinski definition) is 4. The van der Waals surface area contributed by atoms with Gasteiger partial charge in [-0.1, -0.05) is 36.7 Å². The fourth-order valence-electron chi connectivity index (χ4n) is 4.31. The fourth-order valence-corrected chi connectivity index (χ4v) is 4.57. The lowest BCUT2D eigenvalue weighted by Gasteiger charge is -2.20. The number of benzene rings is 3. The number of halogens is 1. The number of aryl methyl sites for hydroxylation is 1. The van der Waals surface area contributed by atoms with Gasteiger partial charge in [-0.05, 0) is 78.6 Å². The zero-order chi connectivity index (χ0) is 26.5. The van der Waals surface area contributed by atoms with Gasteiger partial charge < -0.3 is 19.6 Å². The number of ether oxygens (including phenoxy) is 2. The maximum absolute atomic E-state index is 14.0. The van der Waals surface area contributed by atoms with Gasteiger partial charge in [-0.3, -0.25) is 4.79 Å². The molecule has 7 heteroatoms. The Morgan fingerprint density at radius 3 is 2.41 bits per heavy atom.